The lowest BCUT2D eigenvalue weighted by atomic mass is 9.99. The number of fused-ring (bicyclic) bond motifs is 1. The maximum Gasteiger partial charge on any atom is 0.116 e. The summed E-state index contributed by atoms with van der Waals surface area (Å²) in [5.74, 6) is 0.146. The van der Waals surface area contributed by atoms with Crippen LogP contribution in [-0.4, -0.2) is 28.0 Å². The Balaban J connectivity index is 2.20. The summed E-state index contributed by atoms with van der Waals surface area (Å²) in [7, 11) is 0. The van der Waals surface area contributed by atoms with Crippen molar-refractivity contribution < 1.29 is 15.3 Å². The molecule has 3 N–H and O–H groups in total. The van der Waals surface area contributed by atoms with E-state index in [0.717, 1.165) is 10.8 Å². The van der Waals surface area contributed by atoms with Gasteiger partial charge in [0, 0.05) is 11.5 Å². The zero-order valence-corrected chi connectivity index (χ0v) is 10.7. The molecule has 0 saturated carbocycles. The minimum atomic E-state index is -1.06. The van der Waals surface area contributed by atoms with Crippen LogP contribution in [0.25, 0.3) is 21.2 Å². The standard InChI is InChI=1S/C14H15N3O3/c15-17-16-6-5-13(19)14(20)10-2-1-9-3-4-12(18)8-11(9)7-10/h1-4,7-8,13-14,18-20H,5-6H2. The van der Waals surface area contributed by atoms with E-state index in [4.69, 9.17) is 5.53 Å². The van der Waals surface area contributed by atoms with Gasteiger partial charge in [-0.3, -0.25) is 0 Å². The van der Waals surface area contributed by atoms with Gasteiger partial charge in [0.15, 0.2) is 0 Å². The van der Waals surface area contributed by atoms with E-state index < -0.39 is 12.2 Å². The lowest BCUT2D eigenvalue weighted by Gasteiger charge is -2.17. The van der Waals surface area contributed by atoms with Crippen LogP contribution >= 0.6 is 0 Å². The first-order valence-corrected chi connectivity index (χ1v) is 6.21. The van der Waals surface area contributed by atoms with Gasteiger partial charge in [-0.25, -0.2) is 0 Å². The van der Waals surface area contributed by atoms with Crippen molar-refractivity contribution in [2.24, 2.45) is 5.11 Å². The van der Waals surface area contributed by atoms with Crippen molar-refractivity contribution >= 4 is 10.8 Å². The molecule has 6 heteroatoms. The van der Waals surface area contributed by atoms with Crippen LogP contribution in [0, 0.1) is 0 Å². The summed E-state index contributed by atoms with van der Waals surface area (Å²) in [4.78, 5) is 2.59. The van der Waals surface area contributed by atoms with Crippen molar-refractivity contribution in [3.05, 3.63) is 52.4 Å². The molecule has 0 spiro atoms. The van der Waals surface area contributed by atoms with Crippen LogP contribution in [0.4, 0.5) is 0 Å². The predicted molar refractivity (Wildman–Crippen MR) is 75.2 cm³/mol. The molecule has 2 aromatic carbocycles. The quantitative estimate of drug-likeness (QED) is 0.442. The lowest BCUT2D eigenvalue weighted by molar-refractivity contribution is 0.0151. The third-order valence-electron chi connectivity index (χ3n) is 3.14. The summed E-state index contributed by atoms with van der Waals surface area (Å²) in [6.07, 6.45) is -1.88. The Morgan fingerprint density at radius 1 is 1.10 bits per heavy atom. The van der Waals surface area contributed by atoms with Gasteiger partial charge < -0.3 is 15.3 Å². The van der Waals surface area contributed by atoms with Crippen molar-refractivity contribution in [1.29, 1.82) is 0 Å². The van der Waals surface area contributed by atoms with Gasteiger partial charge in [-0.1, -0.05) is 23.3 Å². The van der Waals surface area contributed by atoms with E-state index in [-0.39, 0.29) is 18.7 Å². The van der Waals surface area contributed by atoms with E-state index in [1.165, 1.54) is 0 Å². The number of azide groups is 1. The van der Waals surface area contributed by atoms with Crippen LogP contribution in [-0.2, 0) is 0 Å². The number of aliphatic hydroxyl groups is 2. The van der Waals surface area contributed by atoms with Crippen LogP contribution in [0.15, 0.2) is 41.5 Å². The maximum atomic E-state index is 10.1. The Bertz CT molecular complexity index is 653. The van der Waals surface area contributed by atoms with Gasteiger partial charge in [0.25, 0.3) is 0 Å². The van der Waals surface area contributed by atoms with Crippen LogP contribution in [0.1, 0.15) is 18.1 Å². The van der Waals surface area contributed by atoms with E-state index in [9.17, 15) is 15.3 Å². The molecule has 0 amide bonds. The predicted octanol–water partition coefficient (Wildman–Crippen LogP) is 2.64. The number of hydrogen-bond donors (Lipinski definition) is 3. The molecule has 0 aliphatic carbocycles. The maximum absolute atomic E-state index is 10.1. The Morgan fingerprint density at radius 3 is 2.60 bits per heavy atom. The third kappa shape index (κ3) is 3.19. The number of benzene rings is 2. The van der Waals surface area contributed by atoms with Gasteiger partial charge >= 0.3 is 0 Å². The van der Waals surface area contributed by atoms with Gasteiger partial charge in [0.05, 0.1) is 6.10 Å². The third-order valence-corrected chi connectivity index (χ3v) is 3.14. The first-order valence-electron chi connectivity index (χ1n) is 6.21. The first-order chi connectivity index (χ1) is 9.61. The molecule has 0 aromatic heterocycles. The smallest absolute Gasteiger partial charge is 0.116 e. The summed E-state index contributed by atoms with van der Waals surface area (Å²) in [6.45, 7) is 0.128. The molecular weight excluding hydrogens is 258 g/mol. The zero-order chi connectivity index (χ0) is 14.5. The second kappa shape index (κ2) is 6.25. The van der Waals surface area contributed by atoms with Gasteiger partial charge in [-0.05, 0) is 46.5 Å². The van der Waals surface area contributed by atoms with E-state index in [1.54, 1.807) is 30.3 Å². The molecule has 0 radical (unpaired) electrons. The Morgan fingerprint density at radius 2 is 1.85 bits per heavy atom. The van der Waals surface area contributed by atoms with Crippen LogP contribution < -0.4 is 0 Å². The Kier molecular flexibility index (Phi) is 4.42. The second-order valence-corrected chi connectivity index (χ2v) is 4.55. The summed E-state index contributed by atoms with van der Waals surface area (Å²) in [5.41, 5.74) is 8.72. The fourth-order valence-electron chi connectivity index (χ4n) is 2.05. The van der Waals surface area contributed by atoms with Gasteiger partial charge in [0.2, 0.25) is 0 Å². The molecule has 104 valence electrons. The SMILES string of the molecule is [N-]=[N+]=NCCC(O)C(O)c1ccc2ccc(O)cc2c1. The number of aliphatic hydroxyl groups excluding tert-OH is 2. The van der Waals surface area contributed by atoms with Gasteiger partial charge in [-0.15, -0.1) is 0 Å². The summed E-state index contributed by atoms with van der Waals surface area (Å²) >= 11 is 0. The minimum Gasteiger partial charge on any atom is -0.508 e. The van der Waals surface area contributed by atoms with Crippen molar-refractivity contribution in [1.82, 2.24) is 0 Å². The minimum absolute atomic E-state index is 0.128. The van der Waals surface area contributed by atoms with E-state index in [0.29, 0.717) is 5.56 Å². The normalized spacial score (nSPS) is 13.7. The molecule has 20 heavy (non-hydrogen) atoms. The molecular formula is C14H15N3O3. The first kappa shape index (κ1) is 14.1. The number of rotatable bonds is 5. The highest BCUT2D eigenvalue weighted by molar-refractivity contribution is 5.84. The molecule has 2 rings (SSSR count). The van der Waals surface area contributed by atoms with Gasteiger partial charge in [0.1, 0.15) is 11.9 Å². The number of phenols is 1. The van der Waals surface area contributed by atoms with Crippen molar-refractivity contribution in [3.8, 4) is 5.75 Å². The highest BCUT2D eigenvalue weighted by Crippen LogP contribution is 2.26. The second-order valence-electron chi connectivity index (χ2n) is 4.55. The van der Waals surface area contributed by atoms with Crippen molar-refractivity contribution in [2.75, 3.05) is 6.54 Å². The average Bonchev–Trinajstić information content (AvgIpc) is 2.45. The fourth-order valence-corrected chi connectivity index (χ4v) is 2.05. The van der Waals surface area contributed by atoms with Crippen molar-refractivity contribution in [2.45, 2.75) is 18.6 Å². The van der Waals surface area contributed by atoms with Crippen LogP contribution in [0.3, 0.4) is 0 Å². The summed E-state index contributed by atoms with van der Waals surface area (Å²) in [5, 5.41) is 34.4. The summed E-state index contributed by atoms with van der Waals surface area (Å²) < 4.78 is 0. The molecule has 0 saturated heterocycles. The molecule has 2 unspecified atom stereocenters. The largest absolute Gasteiger partial charge is 0.508 e. The Labute approximate surface area is 115 Å². The summed E-state index contributed by atoms with van der Waals surface area (Å²) in [6, 6.07) is 10.2. The molecule has 2 atom stereocenters. The number of hydrogen-bond acceptors (Lipinski definition) is 4. The number of nitrogens with zero attached hydrogens (tertiary/aromatic N) is 3. The molecule has 0 aliphatic rings. The topological polar surface area (TPSA) is 109 Å². The highest BCUT2D eigenvalue weighted by Gasteiger charge is 2.18. The lowest BCUT2D eigenvalue weighted by Crippen LogP contribution is -2.19. The van der Waals surface area contributed by atoms with E-state index in [2.05, 4.69) is 10.0 Å². The average molecular weight is 273 g/mol. The van der Waals surface area contributed by atoms with Crippen molar-refractivity contribution in [3.63, 3.8) is 0 Å². The highest BCUT2D eigenvalue weighted by atomic mass is 16.3. The fraction of sp³-hybridized carbons (Fsp3) is 0.286. The molecule has 0 aliphatic heterocycles. The number of aromatic hydroxyl groups is 1. The van der Waals surface area contributed by atoms with Crippen LogP contribution in [0.5, 0.6) is 5.75 Å². The number of phenolic OH excluding ortho intramolecular Hbond substituents is 1. The van der Waals surface area contributed by atoms with E-state index >= 15 is 0 Å². The molecule has 6 nitrogen and oxygen atoms in total. The Hall–Kier alpha value is -2.27. The zero-order valence-electron chi connectivity index (χ0n) is 10.7. The van der Waals surface area contributed by atoms with Crippen LogP contribution in [0.2, 0.25) is 0 Å². The van der Waals surface area contributed by atoms with E-state index in [1.807, 2.05) is 6.07 Å². The molecule has 0 fully saturated rings. The van der Waals surface area contributed by atoms with Gasteiger partial charge in [-0.2, -0.15) is 0 Å². The molecule has 0 bridgehead atoms. The molecule has 2 aromatic rings. The monoisotopic (exact) mass is 273 g/mol. The molecule has 0 heterocycles.